The van der Waals surface area contributed by atoms with Gasteiger partial charge in [0, 0.05) is 19.3 Å². The summed E-state index contributed by atoms with van der Waals surface area (Å²) in [6.07, 6.45) is 84.5. The highest BCUT2D eigenvalue weighted by molar-refractivity contribution is 5.71. The first-order valence-corrected chi connectivity index (χ1v) is 35.5. The van der Waals surface area contributed by atoms with Crippen LogP contribution in [-0.2, 0) is 28.6 Å². The normalized spacial score (nSPS) is 12.2. The molecule has 0 aliphatic rings. The number of esters is 3. The Balaban J connectivity index is 4.32. The van der Waals surface area contributed by atoms with Crippen molar-refractivity contribution in [3.8, 4) is 0 Å². The quantitative estimate of drug-likeness (QED) is 0.0261. The molecule has 0 N–H and O–H groups in total. The van der Waals surface area contributed by atoms with Crippen molar-refractivity contribution < 1.29 is 28.6 Å². The van der Waals surface area contributed by atoms with Crippen molar-refractivity contribution in [2.75, 3.05) is 13.2 Å². The van der Waals surface area contributed by atoms with Gasteiger partial charge in [-0.15, -0.1) is 0 Å². The van der Waals surface area contributed by atoms with Crippen LogP contribution in [0.4, 0.5) is 0 Å². The maximum Gasteiger partial charge on any atom is 0.306 e. The maximum absolute atomic E-state index is 13.0. The van der Waals surface area contributed by atoms with Gasteiger partial charge in [0.05, 0.1) is 0 Å². The van der Waals surface area contributed by atoms with Gasteiger partial charge in [-0.2, -0.15) is 0 Å². The number of ether oxygens (including phenoxy) is 3. The highest BCUT2D eigenvalue weighted by Crippen LogP contribution is 2.18. The Labute approximate surface area is 493 Å². The molecule has 6 nitrogen and oxygen atoms in total. The van der Waals surface area contributed by atoms with E-state index >= 15 is 0 Å². The number of hydrogen-bond acceptors (Lipinski definition) is 6. The van der Waals surface area contributed by atoms with Crippen LogP contribution in [0.15, 0.2) is 36.5 Å². The summed E-state index contributed by atoms with van der Waals surface area (Å²) in [5.41, 5.74) is 0. The van der Waals surface area contributed by atoms with Crippen LogP contribution in [0.3, 0.4) is 0 Å². The summed E-state index contributed by atoms with van der Waals surface area (Å²) < 4.78 is 17.0. The summed E-state index contributed by atoms with van der Waals surface area (Å²) in [6.45, 7) is 6.69. The first kappa shape index (κ1) is 76.6. The van der Waals surface area contributed by atoms with Gasteiger partial charge in [0.25, 0.3) is 0 Å². The molecule has 1 atom stereocenters. The molecule has 0 rings (SSSR count). The Kier molecular flexibility index (Phi) is 66.1. The standard InChI is InChI=1S/C73H136O6/c1-4-7-10-13-16-19-22-25-28-31-34-36-39-42-45-48-51-54-57-60-63-66-72(75)78-69-70(68-77-71(74)65-62-59-56-53-50-47-44-41-38-33-30-27-24-21-18-15-12-9-6-3)79-73(76)67-64-61-58-55-52-49-46-43-40-37-35-32-29-26-23-20-17-14-11-8-5-2/h18,21,27,30-31,34,70H,4-17,19-20,22-26,28-29,32-33,35-69H2,1-3H3/b21-18-,30-27-,34-31-. The van der Waals surface area contributed by atoms with E-state index < -0.39 is 6.10 Å². The molecule has 0 aromatic carbocycles. The van der Waals surface area contributed by atoms with E-state index in [2.05, 4.69) is 57.2 Å². The second kappa shape index (κ2) is 68.1. The summed E-state index contributed by atoms with van der Waals surface area (Å²) in [6, 6.07) is 0. The molecule has 0 fully saturated rings. The van der Waals surface area contributed by atoms with E-state index in [1.165, 1.54) is 289 Å². The first-order chi connectivity index (χ1) is 39.0. The Morgan fingerprint density at radius 3 is 0.734 bits per heavy atom. The lowest BCUT2D eigenvalue weighted by Gasteiger charge is -2.18. The minimum atomic E-state index is -0.774. The predicted molar refractivity (Wildman–Crippen MR) is 344 cm³/mol. The number of carbonyl (C=O) groups excluding carboxylic acids is 3. The molecule has 0 heterocycles. The molecule has 0 spiro atoms. The molecule has 0 saturated heterocycles. The van der Waals surface area contributed by atoms with E-state index in [0.29, 0.717) is 19.3 Å². The molecular weight excluding hydrogens is 973 g/mol. The Hall–Kier alpha value is -2.37. The number of allylic oxidation sites excluding steroid dienone is 6. The van der Waals surface area contributed by atoms with Crippen molar-refractivity contribution in [3.05, 3.63) is 36.5 Å². The van der Waals surface area contributed by atoms with E-state index in [9.17, 15) is 14.4 Å². The second-order valence-corrected chi connectivity index (χ2v) is 24.1. The van der Waals surface area contributed by atoms with Crippen molar-refractivity contribution in [2.24, 2.45) is 0 Å². The Morgan fingerprint density at radius 2 is 0.456 bits per heavy atom. The van der Waals surface area contributed by atoms with Crippen LogP contribution in [-0.4, -0.2) is 37.2 Å². The third-order valence-electron chi connectivity index (χ3n) is 16.1. The maximum atomic E-state index is 13.0. The minimum Gasteiger partial charge on any atom is -0.462 e. The molecule has 0 aliphatic carbocycles. The van der Waals surface area contributed by atoms with Gasteiger partial charge in [-0.25, -0.2) is 0 Å². The van der Waals surface area contributed by atoms with Gasteiger partial charge < -0.3 is 14.2 Å². The fraction of sp³-hybridized carbons (Fsp3) is 0.877. The molecule has 0 amide bonds. The summed E-state index contributed by atoms with van der Waals surface area (Å²) >= 11 is 0. The van der Waals surface area contributed by atoms with Gasteiger partial charge in [-0.1, -0.05) is 333 Å². The molecule has 0 radical (unpaired) electrons. The Morgan fingerprint density at radius 1 is 0.253 bits per heavy atom. The van der Waals surface area contributed by atoms with Crippen molar-refractivity contribution in [1.29, 1.82) is 0 Å². The van der Waals surface area contributed by atoms with Crippen LogP contribution >= 0.6 is 0 Å². The zero-order valence-electron chi connectivity index (χ0n) is 53.4. The largest absolute Gasteiger partial charge is 0.462 e. The van der Waals surface area contributed by atoms with Crippen LogP contribution in [0.5, 0.6) is 0 Å². The predicted octanol–water partition coefficient (Wildman–Crippen LogP) is 24.3. The molecule has 0 saturated carbocycles. The summed E-state index contributed by atoms with van der Waals surface area (Å²) in [5.74, 6) is -0.845. The molecule has 1 unspecified atom stereocenters. The fourth-order valence-electron chi connectivity index (χ4n) is 10.8. The van der Waals surface area contributed by atoms with Crippen LogP contribution in [0.25, 0.3) is 0 Å². The van der Waals surface area contributed by atoms with Gasteiger partial charge >= 0.3 is 17.9 Å². The van der Waals surface area contributed by atoms with Gasteiger partial charge in [0.1, 0.15) is 13.2 Å². The summed E-state index contributed by atoms with van der Waals surface area (Å²) in [5, 5.41) is 0. The first-order valence-electron chi connectivity index (χ1n) is 35.5. The smallest absolute Gasteiger partial charge is 0.306 e. The SMILES string of the molecule is CCCCC/C=C\C/C=C\CCCCCCCCCCCC(=O)OCC(COC(=O)CCCCCCCCCCC/C=C\CCCCCCCCCC)OC(=O)CCCCCCCCCCCCCCCCCCCCCCC. The molecule has 6 heteroatoms. The average molecular weight is 1110 g/mol. The third-order valence-corrected chi connectivity index (χ3v) is 16.1. The third kappa shape index (κ3) is 66.3. The second-order valence-electron chi connectivity index (χ2n) is 24.1. The highest BCUT2D eigenvalue weighted by atomic mass is 16.6. The van der Waals surface area contributed by atoms with Crippen molar-refractivity contribution in [2.45, 2.75) is 399 Å². The zero-order chi connectivity index (χ0) is 57.1. The highest BCUT2D eigenvalue weighted by Gasteiger charge is 2.19. The number of unbranched alkanes of at least 4 members (excludes halogenated alkanes) is 49. The fourth-order valence-corrected chi connectivity index (χ4v) is 10.8. The molecule has 0 aromatic rings. The van der Waals surface area contributed by atoms with Gasteiger partial charge in [0.15, 0.2) is 6.10 Å². The number of rotatable bonds is 66. The number of hydrogen-bond donors (Lipinski definition) is 0. The zero-order valence-corrected chi connectivity index (χ0v) is 53.4. The summed E-state index contributed by atoms with van der Waals surface area (Å²) in [7, 11) is 0. The van der Waals surface area contributed by atoms with E-state index in [1.54, 1.807) is 0 Å². The van der Waals surface area contributed by atoms with Gasteiger partial charge in [0.2, 0.25) is 0 Å². The van der Waals surface area contributed by atoms with Crippen LogP contribution in [0, 0.1) is 0 Å². The van der Waals surface area contributed by atoms with Crippen molar-refractivity contribution >= 4 is 17.9 Å². The van der Waals surface area contributed by atoms with Crippen LogP contribution < -0.4 is 0 Å². The number of carbonyl (C=O) groups is 3. The van der Waals surface area contributed by atoms with Crippen LogP contribution in [0.1, 0.15) is 393 Å². The van der Waals surface area contributed by atoms with Crippen molar-refractivity contribution in [3.63, 3.8) is 0 Å². The molecule has 0 aliphatic heterocycles. The lowest BCUT2D eigenvalue weighted by molar-refractivity contribution is -0.167. The molecule has 79 heavy (non-hydrogen) atoms. The monoisotopic (exact) mass is 1110 g/mol. The molecule has 0 bridgehead atoms. The van der Waals surface area contributed by atoms with E-state index in [4.69, 9.17) is 14.2 Å². The van der Waals surface area contributed by atoms with E-state index in [0.717, 1.165) is 64.2 Å². The van der Waals surface area contributed by atoms with Gasteiger partial charge in [-0.05, 0) is 77.0 Å². The lowest BCUT2D eigenvalue weighted by atomic mass is 10.0. The van der Waals surface area contributed by atoms with Crippen LogP contribution in [0.2, 0.25) is 0 Å². The van der Waals surface area contributed by atoms with E-state index in [1.807, 2.05) is 0 Å². The molecule has 0 aromatic heterocycles. The molecular formula is C73H136O6. The molecule has 464 valence electrons. The van der Waals surface area contributed by atoms with E-state index in [-0.39, 0.29) is 31.1 Å². The van der Waals surface area contributed by atoms with Crippen molar-refractivity contribution in [1.82, 2.24) is 0 Å². The Bertz CT molecular complexity index is 1320. The lowest BCUT2D eigenvalue weighted by Crippen LogP contribution is -2.30. The van der Waals surface area contributed by atoms with Gasteiger partial charge in [-0.3, -0.25) is 14.4 Å². The summed E-state index contributed by atoms with van der Waals surface area (Å²) in [4.78, 5) is 38.5. The average Bonchev–Trinajstić information content (AvgIpc) is 3.45. The minimum absolute atomic E-state index is 0.0697. The topological polar surface area (TPSA) is 78.9 Å².